The highest BCUT2D eigenvalue weighted by Gasteiger charge is 2.06. The van der Waals surface area contributed by atoms with Gasteiger partial charge in [-0.3, -0.25) is 0 Å². The molecular weight excluding hydrogens is 176 g/mol. The largest absolute Gasteiger partial charge is 0.480 e. The second-order valence-corrected chi connectivity index (χ2v) is 2.68. The standard InChI is InChI=1S/C8H9ClN2O/c1-5(2)6-4-10-8(9)11-7(6)12-3/h4H,1H2,2-3H3. The zero-order valence-corrected chi connectivity index (χ0v) is 7.72. The molecule has 1 rings (SSSR count). The van der Waals surface area contributed by atoms with Crippen LogP contribution >= 0.6 is 11.6 Å². The number of halogens is 1. The van der Waals surface area contributed by atoms with Gasteiger partial charge in [0, 0.05) is 6.20 Å². The lowest BCUT2D eigenvalue weighted by atomic mass is 10.2. The number of hydrogen-bond donors (Lipinski definition) is 0. The molecule has 0 aliphatic carbocycles. The van der Waals surface area contributed by atoms with E-state index >= 15 is 0 Å². The second kappa shape index (κ2) is 3.54. The van der Waals surface area contributed by atoms with Crippen LogP contribution in [0.4, 0.5) is 0 Å². The lowest BCUT2D eigenvalue weighted by Gasteiger charge is -2.05. The monoisotopic (exact) mass is 184 g/mol. The Balaban J connectivity index is 3.20. The van der Waals surface area contributed by atoms with Gasteiger partial charge in [0.1, 0.15) is 0 Å². The Hall–Kier alpha value is -1.09. The Bertz CT molecular complexity index is 312. The predicted molar refractivity (Wildman–Crippen MR) is 48.3 cm³/mol. The fourth-order valence-corrected chi connectivity index (χ4v) is 0.920. The first-order valence-electron chi connectivity index (χ1n) is 3.37. The lowest BCUT2D eigenvalue weighted by Crippen LogP contribution is -1.95. The quantitative estimate of drug-likeness (QED) is 0.661. The highest BCUT2D eigenvalue weighted by atomic mass is 35.5. The molecule has 0 bridgehead atoms. The summed E-state index contributed by atoms with van der Waals surface area (Å²) in [5.41, 5.74) is 1.63. The minimum absolute atomic E-state index is 0.178. The van der Waals surface area contributed by atoms with Gasteiger partial charge in [0.05, 0.1) is 12.7 Å². The smallest absolute Gasteiger partial charge is 0.225 e. The number of methoxy groups -OCH3 is 1. The third-order valence-corrected chi connectivity index (χ3v) is 1.56. The molecule has 0 N–H and O–H groups in total. The Kier molecular flexibility index (Phi) is 2.65. The number of nitrogens with zero attached hydrogens (tertiary/aromatic N) is 2. The van der Waals surface area contributed by atoms with Crippen LogP contribution in [-0.4, -0.2) is 17.1 Å². The minimum atomic E-state index is 0.178. The summed E-state index contributed by atoms with van der Waals surface area (Å²) in [6.07, 6.45) is 1.59. The first-order chi connectivity index (χ1) is 5.65. The Morgan fingerprint density at radius 2 is 2.33 bits per heavy atom. The number of aromatic nitrogens is 2. The Morgan fingerprint density at radius 1 is 1.67 bits per heavy atom. The van der Waals surface area contributed by atoms with Gasteiger partial charge in [-0.25, -0.2) is 4.98 Å². The van der Waals surface area contributed by atoms with Crippen molar-refractivity contribution in [3.05, 3.63) is 23.6 Å². The molecule has 0 fully saturated rings. The minimum Gasteiger partial charge on any atom is -0.480 e. The number of rotatable bonds is 2. The van der Waals surface area contributed by atoms with Gasteiger partial charge in [0.15, 0.2) is 0 Å². The summed E-state index contributed by atoms with van der Waals surface area (Å²) in [6, 6.07) is 0. The molecule has 0 aliphatic rings. The van der Waals surface area contributed by atoms with Crippen molar-refractivity contribution < 1.29 is 4.74 Å². The molecule has 12 heavy (non-hydrogen) atoms. The van der Waals surface area contributed by atoms with Crippen LogP contribution in [0.25, 0.3) is 5.57 Å². The van der Waals surface area contributed by atoms with E-state index in [0.29, 0.717) is 5.88 Å². The van der Waals surface area contributed by atoms with Crippen LogP contribution in [0.2, 0.25) is 5.28 Å². The van der Waals surface area contributed by atoms with Crippen molar-refractivity contribution in [2.24, 2.45) is 0 Å². The molecule has 3 nitrogen and oxygen atoms in total. The fraction of sp³-hybridized carbons (Fsp3) is 0.250. The van der Waals surface area contributed by atoms with Crippen molar-refractivity contribution in [2.45, 2.75) is 6.92 Å². The topological polar surface area (TPSA) is 35.0 Å². The molecule has 0 spiro atoms. The maximum absolute atomic E-state index is 5.57. The van der Waals surface area contributed by atoms with E-state index in [2.05, 4.69) is 16.5 Å². The van der Waals surface area contributed by atoms with Gasteiger partial charge in [-0.15, -0.1) is 0 Å². The maximum Gasteiger partial charge on any atom is 0.225 e. The van der Waals surface area contributed by atoms with Gasteiger partial charge in [-0.05, 0) is 24.1 Å². The van der Waals surface area contributed by atoms with Gasteiger partial charge in [-0.1, -0.05) is 6.58 Å². The van der Waals surface area contributed by atoms with Gasteiger partial charge in [-0.2, -0.15) is 4.98 Å². The van der Waals surface area contributed by atoms with E-state index in [1.165, 1.54) is 7.11 Å². The zero-order chi connectivity index (χ0) is 9.14. The molecule has 4 heteroatoms. The van der Waals surface area contributed by atoms with Gasteiger partial charge in [0.2, 0.25) is 11.2 Å². The Morgan fingerprint density at radius 3 is 2.83 bits per heavy atom. The van der Waals surface area contributed by atoms with Crippen LogP contribution in [0.3, 0.4) is 0 Å². The first kappa shape index (κ1) is 9.00. The molecule has 0 aliphatic heterocycles. The molecule has 64 valence electrons. The molecule has 1 aromatic rings. The van der Waals surface area contributed by atoms with Crippen molar-refractivity contribution in [1.29, 1.82) is 0 Å². The summed E-state index contributed by atoms with van der Waals surface area (Å²) in [5, 5.41) is 0.178. The van der Waals surface area contributed by atoms with E-state index in [9.17, 15) is 0 Å². The SMILES string of the molecule is C=C(C)c1cnc(Cl)nc1OC. The van der Waals surface area contributed by atoms with E-state index in [1.54, 1.807) is 6.20 Å². The predicted octanol–water partition coefficient (Wildman–Crippen LogP) is 2.17. The normalized spacial score (nSPS) is 9.58. The van der Waals surface area contributed by atoms with E-state index in [4.69, 9.17) is 16.3 Å². The van der Waals surface area contributed by atoms with Crippen LogP contribution in [0.1, 0.15) is 12.5 Å². The van der Waals surface area contributed by atoms with E-state index in [0.717, 1.165) is 11.1 Å². The number of ether oxygens (including phenoxy) is 1. The van der Waals surface area contributed by atoms with Crippen LogP contribution in [0, 0.1) is 0 Å². The molecule has 0 atom stereocenters. The first-order valence-corrected chi connectivity index (χ1v) is 3.75. The van der Waals surface area contributed by atoms with Gasteiger partial charge >= 0.3 is 0 Å². The van der Waals surface area contributed by atoms with Crippen molar-refractivity contribution in [3.8, 4) is 5.88 Å². The van der Waals surface area contributed by atoms with Crippen LogP contribution < -0.4 is 4.74 Å². The lowest BCUT2D eigenvalue weighted by molar-refractivity contribution is 0.395. The maximum atomic E-state index is 5.57. The molecule has 0 saturated carbocycles. The highest BCUT2D eigenvalue weighted by Crippen LogP contribution is 2.22. The van der Waals surface area contributed by atoms with Crippen molar-refractivity contribution in [3.63, 3.8) is 0 Å². The fourth-order valence-electron chi connectivity index (χ4n) is 0.794. The van der Waals surface area contributed by atoms with Crippen molar-refractivity contribution in [1.82, 2.24) is 9.97 Å². The average Bonchev–Trinajstić information content (AvgIpc) is 2.03. The highest BCUT2D eigenvalue weighted by molar-refractivity contribution is 6.28. The number of allylic oxidation sites excluding steroid dienone is 1. The van der Waals surface area contributed by atoms with Crippen LogP contribution in [0.5, 0.6) is 5.88 Å². The summed E-state index contributed by atoms with van der Waals surface area (Å²) >= 11 is 5.57. The third-order valence-electron chi connectivity index (χ3n) is 1.38. The summed E-state index contributed by atoms with van der Waals surface area (Å²) in [7, 11) is 1.53. The second-order valence-electron chi connectivity index (χ2n) is 2.34. The van der Waals surface area contributed by atoms with E-state index in [1.807, 2.05) is 6.92 Å². The summed E-state index contributed by atoms with van der Waals surface area (Å²) < 4.78 is 4.99. The molecular formula is C8H9ClN2O. The molecule has 1 heterocycles. The molecule has 1 aromatic heterocycles. The Labute approximate surface area is 76.1 Å². The van der Waals surface area contributed by atoms with Gasteiger partial charge < -0.3 is 4.74 Å². The molecule has 0 unspecified atom stereocenters. The molecule has 0 radical (unpaired) electrons. The average molecular weight is 185 g/mol. The van der Waals surface area contributed by atoms with Crippen molar-refractivity contribution in [2.75, 3.05) is 7.11 Å². The summed E-state index contributed by atoms with van der Waals surface area (Å²) in [4.78, 5) is 7.71. The van der Waals surface area contributed by atoms with Crippen LogP contribution in [-0.2, 0) is 0 Å². The summed E-state index contributed by atoms with van der Waals surface area (Å²) in [5.74, 6) is 0.461. The van der Waals surface area contributed by atoms with E-state index in [-0.39, 0.29) is 5.28 Å². The summed E-state index contributed by atoms with van der Waals surface area (Å²) in [6.45, 7) is 5.62. The molecule has 0 amide bonds. The zero-order valence-electron chi connectivity index (χ0n) is 6.97. The van der Waals surface area contributed by atoms with E-state index < -0.39 is 0 Å². The van der Waals surface area contributed by atoms with Crippen molar-refractivity contribution >= 4 is 17.2 Å². The van der Waals surface area contributed by atoms with Gasteiger partial charge in [0.25, 0.3) is 0 Å². The molecule has 0 saturated heterocycles. The number of hydrogen-bond acceptors (Lipinski definition) is 3. The third kappa shape index (κ3) is 1.74. The molecule has 0 aromatic carbocycles. The van der Waals surface area contributed by atoms with Crippen LogP contribution in [0.15, 0.2) is 12.8 Å².